The van der Waals surface area contributed by atoms with Crippen LogP contribution in [0, 0.1) is 6.26 Å². The van der Waals surface area contributed by atoms with Crippen molar-refractivity contribution in [1.82, 2.24) is 0 Å². The number of hydrogen-bond donors (Lipinski definition) is 0. The number of hydrogen-bond acceptors (Lipinski definition) is 3. The first-order valence-electron chi connectivity index (χ1n) is 1.37. The molecule has 0 spiro atoms. The fourth-order valence-electron chi connectivity index (χ4n) is 0.0735. The highest BCUT2D eigenvalue weighted by Gasteiger charge is 1.59. The van der Waals surface area contributed by atoms with E-state index in [9.17, 15) is 0 Å². The van der Waals surface area contributed by atoms with Crippen molar-refractivity contribution in [3.05, 3.63) is 6.26 Å². The number of nitrogens with zero attached hydrogens (tertiary/aromatic N) is 1. The lowest BCUT2D eigenvalue weighted by atomic mass is 11.7. The van der Waals surface area contributed by atoms with Crippen LogP contribution in [0.25, 0.3) is 0 Å². The van der Waals surface area contributed by atoms with Crippen LogP contribution >= 0.6 is 11.8 Å². The summed E-state index contributed by atoms with van der Waals surface area (Å²) in [5.74, 6) is 0. The van der Waals surface area contributed by atoms with E-state index >= 15 is 0 Å². The molecule has 0 amide bonds. The lowest BCUT2D eigenvalue weighted by Crippen LogP contribution is -1.63. The maximum atomic E-state index is 4.29. The lowest BCUT2D eigenvalue weighted by Gasteiger charge is -1.78. The second kappa shape index (κ2) is 4.82. The van der Waals surface area contributed by atoms with Gasteiger partial charge in [0.1, 0.15) is 7.11 Å². The van der Waals surface area contributed by atoms with E-state index in [2.05, 4.69) is 16.2 Å². The Kier molecular flexibility index (Phi) is 4.68. The lowest BCUT2D eigenvalue weighted by molar-refractivity contribution is 0.216. The largest absolute Gasteiger partial charge is 0.399 e. The van der Waals surface area contributed by atoms with Crippen molar-refractivity contribution >= 4 is 17.3 Å². The van der Waals surface area contributed by atoms with Gasteiger partial charge in [-0.05, 0) is 0 Å². The highest BCUT2D eigenvalue weighted by molar-refractivity contribution is 8.13. The van der Waals surface area contributed by atoms with Gasteiger partial charge in [0.05, 0.1) is 5.55 Å². The molecule has 0 heterocycles. The van der Waals surface area contributed by atoms with E-state index in [1.807, 2.05) is 0 Å². The van der Waals surface area contributed by atoms with E-state index in [1.54, 1.807) is 0 Å². The number of oxime groups is 1. The molecule has 0 N–H and O–H groups in total. The molecule has 0 aliphatic rings. The third-order valence-electron chi connectivity index (χ3n) is 0.223. The van der Waals surface area contributed by atoms with Crippen LogP contribution in [0.4, 0.5) is 0 Å². The standard InChI is InChI=1S/C3H6NOS/c1-5-4-3-6-2/h3H,2H2,1H3. The summed E-state index contributed by atoms with van der Waals surface area (Å²) in [5, 5.41) is 3.37. The van der Waals surface area contributed by atoms with E-state index in [-0.39, 0.29) is 0 Å². The predicted molar refractivity (Wildman–Crippen MR) is 28.4 cm³/mol. The Morgan fingerprint density at radius 3 is 2.83 bits per heavy atom. The van der Waals surface area contributed by atoms with Crippen LogP contribution in [0.1, 0.15) is 0 Å². The topological polar surface area (TPSA) is 21.6 Å². The van der Waals surface area contributed by atoms with Crippen LogP contribution < -0.4 is 0 Å². The molecule has 0 aliphatic carbocycles. The third-order valence-corrected chi connectivity index (χ3v) is 0.458. The van der Waals surface area contributed by atoms with Crippen molar-refractivity contribution in [1.29, 1.82) is 0 Å². The molecule has 2 nitrogen and oxygen atoms in total. The Morgan fingerprint density at radius 1 is 2.00 bits per heavy atom. The Bertz CT molecular complexity index is 40.1. The molecule has 0 fully saturated rings. The van der Waals surface area contributed by atoms with E-state index in [4.69, 9.17) is 0 Å². The van der Waals surface area contributed by atoms with Gasteiger partial charge in [0, 0.05) is 6.26 Å². The summed E-state index contributed by atoms with van der Waals surface area (Å²) in [4.78, 5) is 4.29. The molecule has 0 aromatic heterocycles. The van der Waals surface area contributed by atoms with E-state index in [0.717, 1.165) is 0 Å². The van der Waals surface area contributed by atoms with Gasteiger partial charge in [-0.25, -0.2) is 0 Å². The van der Waals surface area contributed by atoms with Gasteiger partial charge in [0.15, 0.2) is 0 Å². The maximum Gasteiger partial charge on any atom is 0.106 e. The van der Waals surface area contributed by atoms with Gasteiger partial charge in [-0.15, -0.1) is 11.8 Å². The Morgan fingerprint density at radius 2 is 2.67 bits per heavy atom. The van der Waals surface area contributed by atoms with Crippen molar-refractivity contribution in [2.45, 2.75) is 0 Å². The summed E-state index contributed by atoms with van der Waals surface area (Å²) in [7, 11) is 1.49. The minimum Gasteiger partial charge on any atom is -0.399 e. The van der Waals surface area contributed by atoms with Crippen LogP contribution in [0.15, 0.2) is 5.16 Å². The summed E-state index contributed by atoms with van der Waals surface area (Å²) < 4.78 is 0. The number of rotatable bonds is 2. The Hall–Kier alpha value is -0.180. The van der Waals surface area contributed by atoms with Crippen molar-refractivity contribution < 1.29 is 4.84 Å². The monoisotopic (exact) mass is 104 g/mol. The summed E-state index contributed by atoms with van der Waals surface area (Å²) in [5.41, 5.74) is 1.51. The van der Waals surface area contributed by atoms with Gasteiger partial charge in [-0.3, -0.25) is 0 Å². The fourth-order valence-corrected chi connectivity index (χ4v) is 0.220. The van der Waals surface area contributed by atoms with Crippen molar-refractivity contribution in [2.24, 2.45) is 5.16 Å². The van der Waals surface area contributed by atoms with Crippen molar-refractivity contribution in [3.8, 4) is 0 Å². The Balaban J connectivity index is 2.73. The van der Waals surface area contributed by atoms with Gasteiger partial charge < -0.3 is 4.84 Å². The molecule has 0 bridgehead atoms. The van der Waals surface area contributed by atoms with Crippen LogP contribution in [0.5, 0.6) is 0 Å². The summed E-state index contributed by atoms with van der Waals surface area (Å²) in [6.07, 6.45) is 3.41. The molecule has 0 aliphatic heterocycles. The van der Waals surface area contributed by atoms with Crippen molar-refractivity contribution in [2.75, 3.05) is 7.11 Å². The van der Waals surface area contributed by atoms with Gasteiger partial charge in [-0.2, -0.15) is 0 Å². The minimum absolute atomic E-state index is 1.26. The molecule has 0 saturated carbocycles. The van der Waals surface area contributed by atoms with E-state index in [1.165, 1.54) is 24.4 Å². The molecule has 0 atom stereocenters. The molecule has 0 unspecified atom stereocenters. The summed E-state index contributed by atoms with van der Waals surface area (Å²) >= 11 is 1.26. The molecule has 0 aromatic carbocycles. The average Bonchev–Trinajstić information content (AvgIpc) is 1.61. The maximum absolute atomic E-state index is 4.29. The molecule has 6 heavy (non-hydrogen) atoms. The van der Waals surface area contributed by atoms with Crippen LogP contribution in [-0.4, -0.2) is 12.7 Å². The molecule has 0 saturated heterocycles. The van der Waals surface area contributed by atoms with Crippen LogP contribution in [0.2, 0.25) is 0 Å². The highest BCUT2D eigenvalue weighted by atomic mass is 32.2. The van der Waals surface area contributed by atoms with Crippen LogP contribution in [0.3, 0.4) is 0 Å². The first kappa shape index (κ1) is 5.82. The second-order valence-corrected chi connectivity index (χ2v) is 1.10. The van der Waals surface area contributed by atoms with Crippen molar-refractivity contribution in [3.63, 3.8) is 0 Å². The quantitative estimate of drug-likeness (QED) is 0.297. The molecule has 0 rings (SSSR count). The smallest absolute Gasteiger partial charge is 0.106 e. The normalized spacial score (nSPS) is 9.67. The minimum atomic E-state index is 1.26. The fraction of sp³-hybridized carbons (Fsp3) is 0.333. The Labute approximate surface area is 41.6 Å². The molecular weight excluding hydrogens is 98.1 g/mol. The zero-order valence-corrected chi connectivity index (χ0v) is 4.36. The predicted octanol–water partition coefficient (Wildman–Crippen LogP) is 1.10. The summed E-state index contributed by atoms with van der Waals surface area (Å²) in [6, 6.07) is 0. The van der Waals surface area contributed by atoms with Gasteiger partial charge in [-0.1, -0.05) is 5.16 Å². The second-order valence-electron chi connectivity index (χ2n) is 0.560. The molecule has 0 aromatic rings. The molecule has 35 valence electrons. The van der Waals surface area contributed by atoms with E-state index in [0.29, 0.717) is 0 Å². The summed E-state index contributed by atoms with van der Waals surface area (Å²) in [6.45, 7) is 0. The van der Waals surface area contributed by atoms with Gasteiger partial charge in [0.2, 0.25) is 0 Å². The SMILES string of the molecule is [CH2]SC=NOC. The van der Waals surface area contributed by atoms with Gasteiger partial charge >= 0.3 is 0 Å². The number of thioether (sulfide) groups is 1. The zero-order valence-electron chi connectivity index (χ0n) is 3.55. The first-order valence-corrected chi connectivity index (χ1v) is 2.42. The van der Waals surface area contributed by atoms with Gasteiger partial charge in [0.25, 0.3) is 0 Å². The van der Waals surface area contributed by atoms with Crippen LogP contribution in [-0.2, 0) is 4.84 Å². The average molecular weight is 104 g/mol. The zero-order chi connectivity index (χ0) is 4.83. The first-order chi connectivity index (χ1) is 2.91. The molecular formula is C3H6NOS. The molecule has 3 heteroatoms. The molecule has 1 radical (unpaired) electrons. The highest BCUT2D eigenvalue weighted by Crippen LogP contribution is 1.84. The van der Waals surface area contributed by atoms with E-state index < -0.39 is 0 Å². The third kappa shape index (κ3) is 3.82.